The molecule has 0 amide bonds. The molecule has 1 N–H and O–H groups in total. The predicted octanol–water partition coefficient (Wildman–Crippen LogP) is 3.65. The van der Waals surface area contributed by atoms with Gasteiger partial charge in [0.1, 0.15) is 0 Å². The minimum Gasteiger partial charge on any atom is -0.208 e. The summed E-state index contributed by atoms with van der Waals surface area (Å²) in [6, 6.07) is 4.90. The van der Waals surface area contributed by atoms with Crippen molar-refractivity contribution in [3.8, 4) is 0 Å². The molecule has 106 valence electrons. The molecule has 0 saturated heterocycles. The Morgan fingerprint density at radius 3 is 2.37 bits per heavy atom. The molecular formula is C14H20ClNO2S. The van der Waals surface area contributed by atoms with E-state index in [9.17, 15) is 8.42 Å². The zero-order valence-corrected chi connectivity index (χ0v) is 12.7. The van der Waals surface area contributed by atoms with Gasteiger partial charge < -0.3 is 0 Å². The van der Waals surface area contributed by atoms with Crippen LogP contribution in [-0.2, 0) is 10.0 Å². The van der Waals surface area contributed by atoms with Gasteiger partial charge in [-0.3, -0.25) is 0 Å². The minimum atomic E-state index is -3.42. The highest BCUT2D eigenvalue weighted by Crippen LogP contribution is 2.22. The molecule has 0 heterocycles. The van der Waals surface area contributed by atoms with Crippen LogP contribution in [0.5, 0.6) is 0 Å². The van der Waals surface area contributed by atoms with Crippen LogP contribution >= 0.6 is 11.6 Å². The lowest BCUT2D eigenvalue weighted by atomic mass is 10.1. The van der Waals surface area contributed by atoms with E-state index in [1.54, 1.807) is 18.2 Å². The lowest BCUT2D eigenvalue weighted by molar-refractivity contribution is 0.510. The zero-order chi connectivity index (χ0) is 13.9. The van der Waals surface area contributed by atoms with Crippen molar-refractivity contribution >= 4 is 21.6 Å². The highest BCUT2D eigenvalue weighted by molar-refractivity contribution is 7.89. The summed E-state index contributed by atoms with van der Waals surface area (Å²) in [5.74, 6) is 0. The molecule has 0 atom stereocenters. The Morgan fingerprint density at radius 2 is 1.79 bits per heavy atom. The van der Waals surface area contributed by atoms with Crippen molar-refractivity contribution in [3.63, 3.8) is 0 Å². The summed E-state index contributed by atoms with van der Waals surface area (Å²) in [5.41, 5.74) is 0.783. The number of aryl methyl sites for hydroxylation is 1. The van der Waals surface area contributed by atoms with Crippen LogP contribution in [0.25, 0.3) is 0 Å². The highest BCUT2D eigenvalue weighted by atomic mass is 35.5. The van der Waals surface area contributed by atoms with Gasteiger partial charge in [0.25, 0.3) is 0 Å². The first-order valence-corrected chi connectivity index (χ1v) is 8.63. The molecule has 19 heavy (non-hydrogen) atoms. The van der Waals surface area contributed by atoms with E-state index < -0.39 is 10.0 Å². The molecule has 1 aromatic rings. The quantitative estimate of drug-likeness (QED) is 0.866. The minimum absolute atomic E-state index is 0.0727. The number of rotatable bonds is 3. The summed E-state index contributed by atoms with van der Waals surface area (Å²) in [6.07, 6.45) is 6.49. The smallest absolute Gasteiger partial charge is 0.208 e. The average molecular weight is 302 g/mol. The Labute approximate surface area is 120 Å². The third kappa shape index (κ3) is 3.94. The molecule has 0 radical (unpaired) electrons. The maximum atomic E-state index is 12.3. The lowest BCUT2D eigenvalue weighted by Crippen LogP contribution is -2.34. The van der Waals surface area contributed by atoms with Crippen LogP contribution in [0, 0.1) is 6.92 Å². The van der Waals surface area contributed by atoms with Crippen LogP contribution in [-0.4, -0.2) is 14.5 Å². The van der Waals surface area contributed by atoms with Crippen molar-refractivity contribution in [1.82, 2.24) is 4.72 Å². The third-order valence-electron chi connectivity index (χ3n) is 3.62. The van der Waals surface area contributed by atoms with Crippen molar-refractivity contribution < 1.29 is 8.42 Å². The van der Waals surface area contributed by atoms with E-state index in [2.05, 4.69) is 4.72 Å². The molecule has 1 saturated carbocycles. The maximum absolute atomic E-state index is 12.3. The van der Waals surface area contributed by atoms with Gasteiger partial charge in [-0.15, -0.1) is 0 Å². The molecule has 1 aliphatic carbocycles. The van der Waals surface area contributed by atoms with Gasteiger partial charge in [-0.25, -0.2) is 13.1 Å². The van der Waals surface area contributed by atoms with Crippen molar-refractivity contribution in [3.05, 3.63) is 28.8 Å². The van der Waals surface area contributed by atoms with Gasteiger partial charge in [-0.1, -0.05) is 37.3 Å². The molecule has 2 rings (SSSR count). The average Bonchev–Trinajstić information content (AvgIpc) is 2.60. The fourth-order valence-electron chi connectivity index (χ4n) is 2.47. The fourth-order valence-corrected chi connectivity index (χ4v) is 3.98. The second-order valence-electron chi connectivity index (χ2n) is 5.22. The molecule has 0 aliphatic heterocycles. The second kappa shape index (κ2) is 6.25. The van der Waals surface area contributed by atoms with Crippen molar-refractivity contribution in [2.24, 2.45) is 0 Å². The monoisotopic (exact) mass is 301 g/mol. The van der Waals surface area contributed by atoms with E-state index in [1.165, 1.54) is 12.8 Å². The Kier molecular flexibility index (Phi) is 4.87. The standard InChI is InChI=1S/C14H20ClNO2S/c1-11-10-13(8-9-14(11)15)19(17,18)16-12-6-4-2-3-5-7-12/h8-10,12,16H,2-7H2,1H3. The van der Waals surface area contributed by atoms with Crippen molar-refractivity contribution in [1.29, 1.82) is 0 Å². The van der Waals surface area contributed by atoms with E-state index in [0.29, 0.717) is 9.92 Å². The molecule has 5 heteroatoms. The van der Waals surface area contributed by atoms with Crippen molar-refractivity contribution in [2.75, 3.05) is 0 Å². The van der Waals surface area contributed by atoms with Gasteiger partial charge in [-0.05, 0) is 43.5 Å². The fraction of sp³-hybridized carbons (Fsp3) is 0.571. The topological polar surface area (TPSA) is 46.2 Å². The van der Waals surface area contributed by atoms with E-state index in [0.717, 1.165) is 31.2 Å². The second-order valence-corrected chi connectivity index (χ2v) is 7.34. The van der Waals surface area contributed by atoms with Crippen LogP contribution < -0.4 is 4.72 Å². The number of benzene rings is 1. The molecule has 1 aromatic carbocycles. The summed E-state index contributed by atoms with van der Waals surface area (Å²) in [6.45, 7) is 1.81. The Hall–Kier alpha value is -0.580. The molecular weight excluding hydrogens is 282 g/mol. The molecule has 1 fully saturated rings. The zero-order valence-electron chi connectivity index (χ0n) is 11.2. The number of sulfonamides is 1. The summed E-state index contributed by atoms with van der Waals surface area (Å²) < 4.78 is 27.5. The number of hydrogen-bond acceptors (Lipinski definition) is 2. The van der Waals surface area contributed by atoms with E-state index >= 15 is 0 Å². The maximum Gasteiger partial charge on any atom is 0.240 e. The summed E-state index contributed by atoms with van der Waals surface area (Å²) in [5, 5.41) is 0.591. The summed E-state index contributed by atoms with van der Waals surface area (Å²) in [7, 11) is -3.42. The van der Waals surface area contributed by atoms with Crippen LogP contribution in [0.3, 0.4) is 0 Å². The van der Waals surface area contributed by atoms with Gasteiger partial charge in [0.2, 0.25) is 10.0 Å². The lowest BCUT2D eigenvalue weighted by Gasteiger charge is -2.16. The normalized spacial score (nSPS) is 18.2. The first-order chi connectivity index (χ1) is 8.99. The molecule has 3 nitrogen and oxygen atoms in total. The molecule has 0 unspecified atom stereocenters. The number of hydrogen-bond donors (Lipinski definition) is 1. The van der Waals surface area contributed by atoms with E-state index in [1.807, 2.05) is 6.92 Å². The predicted molar refractivity (Wildman–Crippen MR) is 78.0 cm³/mol. The highest BCUT2D eigenvalue weighted by Gasteiger charge is 2.21. The van der Waals surface area contributed by atoms with Gasteiger partial charge in [0.05, 0.1) is 4.90 Å². The largest absolute Gasteiger partial charge is 0.240 e. The first-order valence-electron chi connectivity index (χ1n) is 6.77. The SMILES string of the molecule is Cc1cc(S(=O)(=O)NC2CCCCCC2)ccc1Cl. The van der Waals surface area contributed by atoms with Gasteiger partial charge in [0, 0.05) is 11.1 Å². The molecule has 0 bridgehead atoms. The Balaban J connectivity index is 2.14. The van der Waals surface area contributed by atoms with Crippen LogP contribution in [0.4, 0.5) is 0 Å². The van der Waals surface area contributed by atoms with Gasteiger partial charge in [-0.2, -0.15) is 0 Å². The van der Waals surface area contributed by atoms with Crippen LogP contribution in [0.15, 0.2) is 23.1 Å². The summed E-state index contributed by atoms with van der Waals surface area (Å²) >= 11 is 5.93. The number of halogens is 1. The van der Waals surface area contributed by atoms with Crippen molar-refractivity contribution in [2.45, 2.75) is 56.4 Å². The summed E-state index contributed by atoms with van der Waals surface area (Å²) in [4.78, 5) is 0.304. The molecule has 1 aliphatic rings. The number of nitrogens with one attached hydrogen (secondary N) is 1. The van der Waals surface area contributed by atoms with Crippen LogP contribution in [0.1, 0.15) is 44.1 Å². The van der Waals surface area contributed by atoms with Gasteiger partial charge in [0.15, 0.2) is 0 Å². The van der Waals surface area contributed by atoms with Crippen LogP contribution in [0.2, 0.25) is 5.02 Å². The first kappa shape index (κ1) is 14.8. The third-order valence-corrected chi connectivity index (χ3v) is 5.56. The van der Waals surface area contributed by atoms with E-state index in [-0.39, 0.29) is 6.04 Å². The molecule has 0 aromatic heterocycles. The molecule has 0 spiro atoms. The van der Waals surface area contributed by atoms with E-state index in [4.69, 9.17) is 11.6 Å². The Bertz CT molecular complexity index is 534. The Morgan fingerprint density at radius 1 is 1.16 bits per heavy atom. The van der Waals surface area contributed by atoms with Gasteiger partial charge >= 0.3 is 0 Å².